The Balaban J connectivity index is 1.94. The van der Waals surface area contributed by atoms with Gasteiger partial charge in [-0.2, -0.15) is 0 Å². The van der Waals surface area contributed by atoms with Gasteiger partial charge in [0.15, 0.2) is 0 Å². The van der Waals surface area contributed by atoms with Gasteiger partial charge in [-0.3, -0.25) is 0 Å². The summed E-state index contributed by atoms with van der Waals surface area (Å²) in [5.41, 5.74) is 0.862. The second-order valence-corrected chi connectivity index (χ2v) is 5.97. The van der Waals surface area contributed by atoms with E-state index in [4.69, 9.17) is 4.74 Å². The maximum Gasteiger partial charge on any atom is 0.0916 e. The molecule has 1 heterocycles. The van der Waals surface area contributed by atoms with Gasteiger partial charge in [0.1, 0.15) is 0 Å². The van der Waals surface area contributed by atoms with Crippen LogP contribution in [0.15, 0.2) is 0 Å². The molecule has 2 unspecified atom stereocenters. The first-order chi connectivity index (χ1) is 6.02. The van der Waals surface area contributed by atoms with Crippen molar-refractivity contribution in [1.82, 2.24) is 0 Å². The monoisotopic (exact) mass is 182 g/mol. The molecule has 1 nitrogen and oxygen atoms in total. The van der Waals surface area contributed by atoms with Crippen molar-refractivity contribution in [3.05, 3.63) is 0 Å². The van der Waals surface area contributed by atoms with Gasteiger partial charge in [-0.25, -0.2) is 0 Å². The van der Waals surface area contributed by atoms with Crippen LogP contribution in [-0.4, -0.2) is 12.2 Å². The molecule has 13 heavy (non-hydrogen) atoms. The van der Waals surface area contributed by atoms with Crippen LogP contribution in [-0.2, 0) is 4.74 Å². The Morgan fingerprint density at radius 3 is 2.38 bits per heavy atom. The lowest BCUT2D eigenvalue weighted by Crippen LogP contribution is -2.20. The second kappa shape index (κ2) is 2.98. The molecule has 1 heteroatoms. The van der Waals surface area contributed by atoms with Crippen LogP contribution in [0.2, 0.25) is 0 Å². The van der Waals surface area contributed by atoms with Crippen LogP contribution >= 0.6 is 0 Å². The fourth-order valence-corrected chi connectivity index (χ4v) is 2.63. The highest BCUT2D eigenvalue weighted by atomic mass is 16.6. The summed E-state index contributed by atoms with van der Waals surface area (Å²) < 4.78 is 5.58. The zero-order chi connectivity index (χ0) is 9.53. The zero-order valence-electron chi connectivity index (χ0n) is 9.23. The van der Waals surface area contributed by atoms with Gasteiger partial charge in [-0.15, -0.1) is 0 Å². The van der Waals surface area contributed by atoms with Gasteiger partial charge in [0, 0.05) is 0 Å². The van der Waals surface area contributed by atoms with E-state index in [1.54, 1.807) is 0 Å². The molecule has 1 saturated heterocycles. The van der Waals surface area contributed by atoms with E-state index in [-0.39, 0.29) is 0 Å². The smallest absolute Gasteiger partial charge is 0.0916 e. The van der Waals surface area contributed by atoms with E-state index in [1.807, 2.05) is 0 Å². The van der Waals surface area contributed by atoms with Crippen LogP contribution in [0.1, 0.15) is 52.9 Å². The summed E-state index contributed by atoms with van der Waals surface area (Å²) in [5.74, 6) is 0.913. The predicted molar refractivity (Wildman–Crippen MR) is 54.7 cm³/mol. The molecule has 0 aromatic heterocycles. The molecule has 2 atom stereocenters. The van der Waals surface area contributed by atoms with E-state index in [0.717, 1.165) is 12.5 Å². The highest BCUT2D eigenvalue weighted by Gasteiger charge is 2.46. The molecule has 1 saturated carbocycles. The van der Waals surface area contributed by atoms with E-state index in [2.05, 4.69) is 20.8 Å². The van der Waals surface area contributed by atoms with Gasteiger partial charge in [0.05, 0.1) is 12.2 Å². The van der Waals surface area contributed by atoms with Crippen molar-refractivity contribution < 1.29 is 4.74 Å². The summed E-state index contributed by atoms with van der Waals surface area (Å²) in [6, 6.07) is 0. The fraction of sp³-hybridized carbons (Fsp3) is 1.00. The van der Waals surface area contributed by atoms with Gasteiger partial charge in [-0.1, -0.05) is 27.2 Å². The van der Waals surface area contributed by atoms with Gasteiger partial charge in [0.25, 0.3) is 0 Å². The third-order valence-electron chi connectivity index (χ3n) is 3.91. The molecule has 1 aliphatic heterocycles. The number of epoxide rings is 1. The molecule has 0 aromatic rings. The Kier molecular flexibility index (Phi) is 2.18. The van der Waals surface area contributed by atoms with Crippen molar-refractivity contribution >= 4 is 0 Å². The number of ether oxygens (including phenoxy) is 1. The first kappa shape index (κ1) is 9.51. The number of hydrogen-bond acceptors (Lipinski definition) is 1. The lowest BCUT2D eigenvalue weighted by molar-refractivity contribution is 0.207. The summed E-state index contributed by atoms with van der Waals surface area (Å²) in [6.07, 6.45) is 6.80. The van der Waals surface area contributed by atoms with E-state index < -0.39 is 0 Å². The van der Waals surface area contributed by atoms with Crippen LogP contribution in [0.5, 0.6) is 0 Å². The highest BCUT2D eigenvalue weighted by Crippen LogP contribution is 2.45. The number of rotatable bonds is 0. The van der Waals surface area contributed by atoms with Gasteiger partial charge in [0.2, 0.25) is 0 Å². The minimum Gasteiger partial charge on any atom is -0.370 e. The maximum absolute atomic E-state index is 5.58. The van der Waals surface area contributed by atoms with Gasteiger partial charge >= 0.3 is 0 Å². The molecule has 2 aliphatic rings. The Labute approximate surface area is 81.9 Å². The largest absolute Gasteiger partial charge is 0.370 e. The molecule has 2 fully saturated rings. The molecular weight excluding hydrogens is 160 g/mol. The number of hydrogen-bond donors (Lipinski definition) is 0. The summed E-state index contributed by atoms with van der Waals surface area (Å²) in [5, 5.41) is 0. The van der Waals surface area contributed by atoms with E-state index >= 15 is 0 Å². The normalized spacial score (nSPS) is 40.4. The topological polar surface area (TPSA) is 12.5 Å². The van der Waals surface area contributed by atoms with Crippen LogP contribution in [0.3, 0.4) is 0 Å². The second-order valence-electron chi connectivity index (χ2n) is 5.97. The molecule has 0 radical (unpaired) electrons. The maximum atomic E-state index is 5.58. The van der Waals surface area contributed by atoms with E-state index in [0.29, 0.717) is 11.0 Å². The van der Waals surface area contributed by atoms with E-state index in [1.165, 1.54) is 32.1 Å². The molecule has 1 aliphatic carbocycles. The minimum atomic E-state index is 0.361. The molecular formula is C12H22O. The van der Waals surface area contributed by atoms with Gasteiger partial charge in [-0.05, 0) is 37.0 Å². The average molecular weight is 182 g/mol. The average Bonchev–Trinajstić information content (AvgIpc) is 2.78. The Hall–Kier alpha value is -0.0400. The quantitative estimate of drug-likeness (QED) is 0.523. The van der Waals surface area contributed by atoms with Crippen LogP contribution in [0.25, 0.3) is 0 Å². The molecule has 0 bridgehead atoms. The third-order valence-corrected chi connectivity index (χ3v) is 3.91. The Bertz CT molecular complexity index is 186. The van der Waals surface area contributed by atoms with Crippen molar-refractivity contribution in [3.8, 4) is 0 Å². The third kappa shape index (κ3) is 2.07. The lowest BCUT2D eigenvalue weighted by Gasteiger charge is -2.29. The lowest BCUT2D eigenvalue weighted by atomic mass is 9.76. The summed E-state index contributed by atoms with van der Waals surface area (Å²) in [7, 11) is 0. The fourth-order valence-electron chi connectivity index (χ4n) is 2.63. The Morgan fingerprint density at radius 1 is 1.15 bits per heavy atom. The van der Waals surface area contributed by atoms with Crippen LogP contribution in [0.4, 0.5) is 0 Å². The van der Waals surface area contributed by atoms with Crippen molar-refractivity contribution in [2.75, 3.05) is 6.61 Å². The molecule has 76 valence electrons. The van der Waals surface area contributed by atoms with Crippen molar-refractivity contribution in [3.63, 3.8) is 0 Å². The van der Waals surface area contributed by atoms with Crippen LogP contribution < -0.4 is 0 Å². The molecule has 0 amide bonds. The van der Waals surface area contributed by atoms with Crippen molar-refractivity contribution in [2.45, 2.75) is 58.5 Å². The first-order valence-electron chi connectivity index (χ1n) is 5.66. The highest BCUT2D eigenvalue weighted by molar-refractivity contribution is 4.95. The Morgan fingerprint density at radius 2 is 1.85 bits per heavy atom. The zero-order valence-corrected chi connectivity index (χ0v) is 9.23. The standard InChI is InChI=1S/C12H22O/c1-11(2,3)10-5-4-7-12(8-6-10)9-13-12/h10H,4-9H2,1-3H3. The molecule has 0 N–H and O–H groups in total. The molecule has 1 spiro atoms. The summed E-state index contributed by atoms with van der Waals surface area (Å²) >= 11 is 0. The first-order valence-corrected chi connectivity index (χ1v) is 5.66. The molecule has 0 aromatic carbocycles. The minimum absolute atomic E-state index is 0.361. The van der Waals surface area contributed by atoms with Crippen molar-refractivity contribution in [2.24, 2.45) is 11.3 Å². The summed E-state index contributed by atoms with van der Waals surface area (Å²) in [4.78, 5) is 0. The molecule has 2 rings (SSSR count). The van der Waals surface area contributed by atoms with Gasteiger partial charge < -0.3 is 4.74 Å². The SMILES string of the molecule is CC(C)(C)C1CCCC2(CC1)CO2. The van der Waals surface area contributed by atoms with Crippen molar-refractivity contribution in [1.29, 1.82) is 0 Å². The summed E-state index contributed by atoms with van der Waals surface area (Å²) in [6.45, 7) is 8.18. The van der Waals surface area contributed by atoms with Crippen LogP contribution in [0, 0.1) is 11.3 Å². The predicted octanol–water partition coefficient (Wildman–Crippen LogP) is 3.38. The van der Waals surface area contributed by atoms with E-state index in [9.17, 15) is 0 Å².